The number of rotatable bonds is 6. The quantitative estimate of drug-likeness (QED) is 0.875. The summed E-state index contributed by atoms with van der Waals surface area (Å²) < 4.78 is 15.9. The van der Waals surface area contributed by atoms with Crippen LogP contribution in [0.4, 0.5) is 5.13 Å². The fourth-order valence-electron chi connectivity index (χ4n) is 1.65. The largest absolute Gasteiger partial charge is 0.496 e. The highest BCUT2D eigenvalue weighted by molar-refractivity contribution is 7.13. The maximum absolute atomic E-state index is 5.35. The summed E-state index contributed by atoms with van der Waals surface area (Å²) in [6, 6.07) is 3.68. The molecule has 0 aliphatic rings. The first-order valence-corrected chi connectivity index (χ1v) is 6.45. The molecule has 0 aliphatic carbocycles. The number of aromatic nitrogens is 2. The lowest BCUT2D eigenvalue weighted by Crippen LogP contribution is -2.03. The van der Waals surface area contributed by atoms with E-state index in [1.807, 2.05) is 6.07 Å². The predicted molar refractivity (Wildman–Crippen MR) is 73.3 cm³/mol. The van der Waals surface area contributed by atoms with Crippen LogP contribution in [-0.2, 0) is 6.54 Å². The summed E-state index contributed by atoms with van der Waals surface area (Å²) in [6.07, 6.45) is 0. The van der Waals surface area contributed by atoms with Crippen molar-refractivity contribution in [2.45, 2.75) is 6.54 Å². The smallest absolute Gasteiger partial charge is 0.205 e. The van der Waals surface area contributed by atoms with Crippen molar-refractivity contribution >= 4 is 16.5 Å². The zero-order chi connectivity index (χ0) is 13.7. The van der Waals surface area contributed by atoms with E-state index in [1.54, 1.807) is 32.9 Å². The molecule has 0 bridgehead atoms. The molecule has 0 spiro atoms. The van der Waals surface area contributed by atoms with Gasteiger partial charge in [-0.2, -0.15) is 0 Å². The molecule has 0 aliphatic heterocycles. The standard InChI is InChI=1S/C12H15N3O3S/c1-16-9-5-11(18-3)10(17-2)4-8(9)6-13-12-15-14-7-19-12/h4-5,7H,6H2,1-3H3,(H,13,15). The molecule has 102 valence electrons. The minimum absolute atomic E-state index is 0.568. The fraction of sp³-hybridized carbons (Fsp3) is 0.333. The normalized spacial score (nSPS) is 10.1. The summed E-state index contributed by atoms with van der Waals surface area (Å²) >= 11 is 1.44. The Kier molecular flexibility index (Phi) is 4.40. The number of nitrogens with one attached hydrogen (secondary N) is 1. The molecule has 2 rings (SSSR count). The van der Waals surface area contributed by atoms with Gasteiger partial charge in [-0.3, -0.25) is 0 Å². The first-order valence-electron chi connectivity index (χ1n) is 5.57. The second kappa shape index (κ2) is 6.24. The summed E-state index contributed by atoms with van der Waals surface area (Å²) in [5.41, 5.74) is 2.63. The fourth-order valence-corrected chi connectivity index (χ4v) is 2.10. The maximum Gasteiger partial charge on any atom is 0.205 e. The molecule has 1 heterocycles. The van der Waals surface area contributed by atoms with Crippen molar-refractivity contribution < 1.29 is 14.2 Å². The van der Waals surface area contributed by atoms with E-state index in [1.165, 1.54) is 11.3 Å². The van der Waals surface area contributed by atoms with Crippen LogP contribution >= 0.6 is 11.3 Å². The van der Waals surface area contributed by atoms with E-state index in [0.29, 0.717) is 18.0 Å². The van der Waals surface area contributed by atoms with Crippen molar-refractivity contribution in [3.8, 4) is 17.2 Å². The van der Waals surface area contributed by atoms with Gasteiger partial charge in [-0.1, -0.05) is 11.3 Å². The van der Waals surface area contributed by atoms with E-state index in [4.69, 9.17) is 14.2 Å². The summed E-state index contributed by atoms with van der Waals surface area (Å²) in [5, 5.41) is 11.6. The molecular weight excluding hydrogens is 266 g/mol. The van der Waals surface area contributed by atoms with Gasteiger partial charge in [-0.15, -0.1) is 10.2 Å². The monoisotopic (exact) mass is 281 g/mol. The van der Waals surface area contributed by atoms with Gasteiger partial charge in [0.1, 0.15) is 11.3 Å². The first-order chi connectivity index (χ1) is 9.28. The van der Waals surface area contributed by atoms with Gasteiger partial charge in [0.25, 0.3) is 0 Å². The van der Waals surface area contributed by atoms with E-state index < -0.39 is 0 Å². The summed E-state index contributed by atoms with van der Waals surface area (Å²) in [4.78, 5) is 0. The van der Waals surface area contributed by atoms with E-state index in [-0.39, 0.29) is 0 Å². The highest BCUT2D eigenvalue weighted by Gasteiger charge is 2.11. The van der Waals surface area contributed by atoms with Crippen molar-refractivity contribution in [2.75, 3.05) is 26.6 Å². The second-order valence-corrected chi connectivity index (χ2v) is 4.45. The summed E-state index contributed by atoms with van der Waals surface area (Å²) in [5.74, 6) is 2.03. The van der Waals surface area contributed by atoms with E-state index in [2.05, 4.69) is 15.5 Å². The number of ether oxygens (including phenoxy) is 3. The van der Waals surface area contributed by atoms with Crippen LogP contribution in [0, 0.1) is 0 Å². The van der Waals surface area contributed by atoms with Crippen molar-refractivity contribution in [1.82, 2.24) is 10.2 Å². The number of methoxy groups -OCH3 is 3. The van der Waals surface area contributed by atoms with Gasteiger partial charge in [-0.25, -0.2) is 0 Å². The van der Waals surface area contributed by atoms with Gasteiger partial charge < -0.3 is 19.5 Å². The van der Waals surface area contributed by atoms with Crippen LogP contribution in [0.15, 0.2) is 17.6 Å². The molecule has 7 heteroatoms. The minimum atomic E-state index is 0.568. The van der Waals surface area contributed by atoms with Gasteiger partial charge in [0.15, 0.2) is 11.5 Å². The predicted octanol–water partition coefficient (Wildman–Crippen LogP) is 2.18. The van der Waals surface area contributed by atoms with E-state index in [9.17, 15) is 0 Å². The molecule has 0 fully saturated rings. The number of nitrogens with zero attached hydrogens (tertiary/aromatic N) is 2. The van der Waals surface area contributed by atoms with Gasteiger partial charge in [-0.05, 0) is 6.07 Å². The van der Waals surface area contributed by atoms with Crippen molar-refractivity contribution in [3.05, 3.63) is 23.2 Å². The molecule has 1 aromatic heterocycles. The van der Waals surface area contributed by atoms with Crippen LogP contribution < -0.4 is 19.5 Å². The van der Waals surface area contributed by atoms with Gasteiger partial charge in [0, 0.05) is 18.2 Å². The number of hydrogen-bond acceptors (Lipinski definition) is 7. The second-order valence-electron chi connectivity index (χ2n) is 3.62. The highest BCUT2D eigenvalue weighted by atomic mass is 32.1. The molecule has 0 radical (unpaired) electrons. The Morgan fingerprint density at radius 2 is 1.74 bits per heavy atom. The minimum Gasteiger partial charge on any atom is -0.496 e. The lowest BCUT2D eigenvalue weighted by atomic mass is 10.1. The Bertz CT molecular complexity index is 531. The number of hydrogen-bond donors (Lipinski definition) is 1. The molecule has 0 amide bonds. The lowest BCUT2D eigenvalue weighted by Gasteiger charge is -2.14. The molecule has 0 saturated heterocycles. The van der Waals surface area contributed by atoms with Crippen molar-refractivity contribution in [1.29, 1.82) is 0 Å². The molecule has 0 atom stereocenters. The molecule has 19 heavy (non-hydrogen) atoms. The van der Waals surface area contributed by atoms with Crippen molar-refractivity contribution in [3.63, 3.8) is 0 Å². The molecule has 1 N–H and O–H groups in total. The van der Waals surface area contributed by atoms with Crippen LogP contribution in [0.1, 0.15) is 5.56 Å². The number of benzene rings is 1. The maximum atomic E-state index is 5.35. The Morgan fingerprint density at radius 3 is 2.32 bits per heavy atom. The Balaban J connectivity index is 2.22. The Morgan fingerprint density at radius 1 is 1.05 bits per heavy atom. The zero-order valence-electron chi connectivity index (χ0n) is 11.0. The van der Waals surface area contributed by atoms with E-state index >= 15 is 0 Å². The molecular formula is C12H15N3O3S. The molecule has 6 nitrogen and oxygen atoms in total. The number of anilines is 1. The average molecular weight is 281 g/mol. The first kappa shape index (κ1) is 13.4. The molecule has 1 aromatic carbocycles. The third-order valence-corrected chi connectivity index (χ3v) is 3.23. The Labute approximate surface area is 115 Å². The third kappa shape index (κ3) is 3.05. The zero-order valence-corrected chi connectivity index (χ0v) is 11.8. The van der Waals surface area contributed by atoms with Crippen LogP contribution in [0.5, 0.6) is 17.2 Å². The molecule has 0 saturated carbocycles. The topological polar surface area (TPSA) is 65.5 Å². The van der Waals surface area contributed by atoms with Gasteiger partial charge >= 0.3 is 0 Å². The summed E-state index contributed by atoms with van der Waals surface area (Å²) in [7, 11) is 4.82. The van der Waals surface area contributed by atoms with Crippen LogP contribution in [-0.4, -0.2) is 31.5 Å². The molecule has 2 aromatic rings. The lowest BCUT2D eigenvalue weighted by molar-refractivity contribution is 0.347. The van der Waals surface area contributed by atoms with Crippen LogP contribution in [0.2, 0.25) is 0 Å². The van der Waals surface area contributed by atoms with Crippen LogP contribution in [0.3, 0.4) is 0 Å². The Hall–Kier alpha value is -2.02. The van der Waals surface area contributed by atoms with Gasteiger partial charge in [0.2, 0.25) is 5.13 Å². The summed E-state index contributed by atoms with van der Waals surface area (Å²) in [6.45, 7) is 0.568. The van der Waals surface area contributed by atoms with Crippen molar-refractivity contribution in [2.24, 2.45) is 0 Å². The molecule has 0 unspecified atom stereocenters. The average Bonchev–Trinajstić information content (AvgIpc) is 2.97. The van der Waals surface area contributed by atoms with Crippen LogP contribution in [0.25, 0.3) is 0 Å². The van der Waals surface area contributed by atoms with E-state index in [0.717, 1.165) is 16.4 Å². The van der Waals surface area contributed by atoms with Gasteiger partial charge in [0.05, 0.1) is 21.3 Å². The SMILES string of the molecule is COc1cc(OC)c(OC)cc1CNc1nncs1. The third-order valence-electron chi connectivity index (χ3n) is 2.58. The highest BCUT2D eigenvalue weighted by Crippen LogP contribution is 2.34.